The van der Waals surface area contributed by atoms with E-state index in [1.54, 1.807) is 6.07 Å². The summed E-state index contributed by atoms with van der Waals surface area (Å²) in [7, 11) is -3.48. The highest BCUT2D eigenvalue weighted by Crippen LogP contribution is 2.25. The van der Waals surface area contributed by atoms with Gasteiger partial charge in [-0.15, -0.1) is 0 Å². The predicted molar refractivity (Wildman–Crippen MR) is 74.4 cm³/mol. The first-order valence-electron chi connectivity index (χ1n) is 6.33. The number of aliphatic hydroxyl groups excluding tert-OH is 1. The summed E-state index contributed by atoms with van der Waals surface area (Å²) < 4.78 is 26.8. The fraction of sp³-hybridized carbons (Fsp3) is 0.429. The van der Waals surface area contributed by atoms with Gasteiger partial charge in [0.1, 0.15) is 0 Å². The Morgan fingerprint density at radius 1 is 1.26 bits per heavy atom. The number of rotatable bonds is 3. The first kappa shape index (κ1) is 14.2. The van der Waals surface area contributed by atoms with Gasteiger partial charge < -0.3 is 5.11 Å². The lowest BCUT2D eigenvalue weighted by Gasteiger charge is -2.24. The molecule has 0 radical (unpaired) electrons. The molecule has 5 heteroatoms. The topological polar surface area (TPSA) is 57.6 Å². The third-order valence-electron chi connectivity index (χ3n) is 3.50. The molecule has 0 saturated heterocycles. The standard InChI is InChI=1S/C14H19NO3S/c1-11-8-13(10-16)9-14(12(11)2)19(17,18)15-6-4-3-5-7-15/h3-4,8-9,16H,5-7,10H2,1-2H3. The van der Waals surface area contributed by atoms with Crippen molar-refractivity contribution in [1.82, 2.24) is 4.31 Å². The molecule has 1 aliphatic heterocycles. The Hall–Kier alpha value is -1.17. The maximum atomic E-state index is 12.6. The van der Waals surface area contributed by atoms with Crippen molar-refractivity contribution in [1.29, 1.82) is 0 Å². The fourth-order valence-corrected chi connectivity index (χ4v) is 3.99. The van der Waals surface area contributed by atoms with Crippen LogP contribution in [0.25, 0.3) is 0 Å². The van der Waals surface area contributed by atoms with E-state index in [2.05, 4.69) is 0 Å². The Labute approximate surface area is 114 Å². The second-order valence-electron chi connectivity index (χ2n) is 4.82. The first-order chi connectivity index (χ1) is 8.96. The van der Waals surface area contributed by atoms with Crippen LogP contribution in [0.5, 0.6) is 0 Å². The van der Waals surface area contributed by atoms with Gasteiger partial charge in [0.2, 0.25) is 10.0 Å². The molecule has 2 rings (SSSR count). The molecular formula is C14H19NO3S. The van der Waals surface area contributed by atoms with E-state index in [0.29, 0.717) is 23.5 Å². The molecule has 4 nitrogen and oxygen atoms in total. The largest absolute Gasteiger partial charge is 0.392 e. The van der Waals surface area contributed by atoms with Gasteiger partial charge in [0, 0.05) is 13.1 Å². The van der Waals surface area contributed by atoms with Gasteiger partial charge in [-0.3, -0.25) is 0 Å². The van der Waals surface area contributed by atoms with E-state index in [1.807, 2.05) is 32.1 Å². The zero-order chi connectivity index (χ0) is 14.0. The van der Waals surface area contributed by atoms with Crippen LogP contribution >= 0.6 is 0 Å². The number of benzene rings is 1. The van der Waals surface area contributed by atoms with E-state index in [-0.39, 0.29) is 6.61 Å². The molecule has 1 aliphatic rings. The molecule has 1 aromatic carbocycles. The molecule has 0 unspecified atom stereocenters. The van der Waals surface area contributed by atoms with Gasteiger partial charge in [0.15, 0.2) is 0 Å². The summed E-state index contributed by atoms with van der Waals surface area (Å²) in [5, 5.41) is 9.23. The van der Waals surface area contributed by atoms with Crippen LogP contribution in [-0.2, 0) is 16.6 Å². The Kier molecular flexibility index (Phi) is 4.08. The molecule has 0 aliphatic carbocycles. The summed E-state index contributed by atoms with van der Waals surface area (Å²) in [4.78, 5) is 0.312. The quantitative estimate of drug-likeness (QED) is 0.859. The third-order valence-corrected chi connectivity index (χ3v) is 5.49. The lowest BCUT2D eigenvalue weighted by molar-refractivity contribution is 0.281. The third kappa shape index (κ3) is 2.73. The highest BCUT2D eigenvalue weighted by Gasteiger charge is 2.26. The number of nitrogens with zero attached hydrogens (tertiary/aromatic N) is 1. The minimum absolute atomic E-state index is 0.149. The molecule has 1 aromatic rings. The molecule has 1 heterocycles. The number of hydrogen-bond acceptors (Lipinski definition) is 3. The first-order valence-corrected chi connectivity index (χ1v) is 7.77. The summed E-state index contributed by atoms with van der Waals surface area (Å²) >= 11 is 0. The minimum Gasteiger partial charge on any atom is -0.392 e. The molecule has 0 saturated carbocycles. The van der Waals surface area contributed by atoms with Crippen LogP contribution in [0.3, 0.4) is 0 Å². The monoisotopic (exact) mass is 281 g/mol. The molecule has 0 bridgehead atoms. The van der Waals surface area contributed by atoms with E-state index in [1.165, 1.54) is 4.31 Å². The van der Waals surface area contributed by atoms with Crippen molar-refractivity contribution in [3.63, 3.8) is 0 Å². The molecule has 1 N–H and O–H groups in total. The maximum absolute atomic E-state index is 12.6. The molecule has 104 valence electrons. The predicted octanol–water partition coefficient (Wildman–Crippen LogP) is 1.75. The highest BCUT2D eigenvalue weighted by atomic mass is 32.2. The zero-order valence-electron chi connectivity index (χ0n) is 11.3. The van der Waals surface area contributed by atoms with E-state index in [4.69, 9.17) is 0 Å². The van der Waals surface area contributed by atoms with Crippen LogP contribution in [0.15, 0.2) is 29.2 Å². The smallest absolute Gasteiger partial charge is 0.243 e. The van der Waals surface area contributed by atoms with Gasteiger partial charge in [-0.25, -0.2) is 8.42 Å². The van der Waals surface area contributed by atoms with Gasteiger partial charge in [-0.1, -0.05) is 18.2 Å². The van der Waals surface area contributed by atoms with Crippen molar-refractivity contribution >= 4 is 10.0 Å². The Morgan fingerprint density at radius 2 is 2.00 bits per heavy atom. The SMILES string of the molecule is Cc1cc(CO)cc(S(=O)(=O)N2CC=CCC2)c1C. The van der Waals surface area contributed by atoms with Gasteiger partial charge in [0.05, 0.1) is 11.5 Å². The van der Waals surface area contributed by atoms with Crippen molar-refractivity contribution in [2.24, 2.45) is 0 Å². The fourth-order valence-electron chi connectivity index (χ4n) is 2.24. The summed E-state index contributed by atoms with van der Waals surface area (Å²) in [6.45, 7) is 4.46. The Balaban J connectivity index is 2.50. The van der Waals surface area contributed by atoms with Gasteiger partial charge in [0.25, 0.3) is 0 Å². The number of aryl methyl sites for hydroxylation is 1. The highest BCUT2D eigenvalue weighted by molar-refractivity contribution is 7.89. The van der Waals surface area contributed by atoms with Crippen LogP contribution in [0.4, 0.5) is 0 Å². The van der Waals surface area contributed by atoms with Crippen LogP contribution in [0.2, 0.25) is 0 Å². The average molecular weight is 281 g/mol. The van der Waals surface area contributed by atoms with E-state index < -0.39 is 10.0 Å². The Morgan fingerprint density at radius 3 is 2.58 bits per heavy atom. The lowest BCUT2D eigenvalue weighted by atomic mass is 10.1. The second-order valence-corrected chi connectivity index (χ2v) is 6.72. The molecule has 19 heavy (non-hydrogen) atoms. The summed E-state index contributed by atoms with van der Waals surface area (Å²) in [5.41, 5.74) is 2.28. The van der Waals surface area contributed by atoms with Crippen LogP contribution in [0, 0.1) is 13.8 Å². The summed E-state index contributed by atoms with van der Waals surface area (Å²) in [6, 6.07) is 3.40. The normalized spacial score (nSPS) is 16.8. The lowest BCUT2D eigenvalue weighted by Crippen LogP contribution is -2.34. The summed E-state index contributed by atoms with van der Waals surface area (Å²) in [5.74, 6) is 0. The van der Waals surface area contributed by atoms with Crippen LogP contribution < -0.4 is 0 Å². The van der Waals surface area contributed by atoms with Crippen molar-refractivity contribution in [2.75, 3.05) is 13.1 Å². The van der Waals surface area contributed by atoms with E-state index >= 15 is 0 Å². The molecule has 0 atom stereocenters. The van der Waals surface area contributed by atoms with Crippen LogP contribution in [-0.4, -0.2) is 30.9 Å². The molecule has 0 fully saturated rings. The number of sulfonamides is 1. The molecule has 0 aromatic heterocycles. The van der Waals surface area contributed by atoms with Crippen molar-refractivity contribution in [3.05, 3.63) is 41.0 Å². The van der Waals surface area contributed by atoms with Crippen molar-refractivity contribution in [3.8, 4) is 0 Å². The van der Waals surface area contributed by atoms with Crippen LogP contribution in [0.1, 0.15) is 23.1 Å². The van der Waals surface area contributed by atoms with Gasteiger partial charge >= 0.3 is 0 Å². The second kappa shape index (κ2) is 5.45. The minimum atomic E-state index is -3.48. The number of aliphatic hydroxyl groups is 1. The average Bonchev–Trinajstić information content (AvgIpc) is 2.42. The van der Waals surface area contributed by atoms with Gasteiger partial charge in [-0.2, -0.15) is 4.31 Å². The van der Waals surface area contributed by atoms with E-state index in [9.17, 15) is 13.5 Å². The van der Waals surface area contributed by atoms with Crippen molar-refractivity contribution in [2.45, 2.75) is 31.8 Å². The maximum Gasteiger partial charge on any atom is 0.243 e. The zero-order valence-corrected chi connectivity index (χ0v) is 12.1. The van der Waals surface area contributed by atoms with Crippen molar-refractivity contribution < 1.29 is 13.5 Å². The molecule has 0 spiro atoms. The van der Waals surface area contributed by atoms with Gasteiger partial charge in [-0.05, 0) is 43.0 Å². The molecule has 0 amide bonds. The Bertz CT molecular complexity index is 605. The van der Waals surface area contributed by atoms with E-state index in [0.717, 1.165) is 17.5 Å². The number of hydrogen-bond donors (Lipinski definition) is 1. The molecular weight excluding hydrogens is 262 g/mol. The summed E-state index contributed by atoms with van der Waals surface area (Å²) in [6.07, 6.45) is 4.62.